The van der Waals surface area contributed by atoms with Crippen LogP contribution in [0.3, 0.4) is 0 Å². The smallest absolute Gasteiger partial charge is 0.181 e. The standard InChI is InChI=1S/C12H10N6/c13-10-3-1-2-9(6-10)12-16-8-18(17-12)11-4-5-14-7-15-11/h1-8H,13H2. The first kappa shape index (κ1) is 10.4. The van der Waals surface area contributed by atoms with E-state index in [-0.39, 0.29) is 0 Å². The van der Waals surface area contributed by atoms with Gasteiger partial charge in [-0.2, -0.15) is 0 Å². The van der Waals surface area contributed by atoms with Crippen LogP contribution >= 0.6 is 0 Å². The van der Waals surface area contributed by atoms with Gasteiger partial charge in [0.1, 0.15) is 12.7 Å². The minimum absolute atomic E-state index is 0.612. The van der Waals surface area contributed by atoms with E-state index in [2.05, 4.69) is 20.1 Å². The Kier molecular flexibility index (Phi) is 2.45. The fourth-order valence-electron chi connectivity index (χ4n) is 1.60. The van der Waals surface area contributed by atoms with Gasteiger partial charge in [-0.25, -0.2) is 19.6 Å². The van der Waals surface area contributed by atoms with Crippen molar-refractivity contribution < 1.29 is 0 Å². The summed E-state index contributed by atoms with van der Waals surface area (Å²) < 4.78 is 1.60. The Morgan fingerprint density at radius 2 is 2.06 bits per heavy atom. The summed E-state index contributed by atoms with van der Waals surface area (Å²) in [5.74, 6) is 1.29. The third-order valence-corrected chi connectivity index (χ3v) is 2.44. The van der Waals surface area contributed by atoms with Crippen molar-refractivity contribution in [1.82, 2.24) is 24.7 Å². The van der Waals surface area contributed by atoms with Gasteiger partial charge in [0, 0.05) is 23.5 Å². The van der Waals surface area contributed by atoms with Crippen molar-refractivity contribution in [1.29, 1.82) is 0 Å². The van der Waals surface area contributed by atoms with Crippen LogP contribution in [0.2, 0.25) is 0 Å². The van der Waals surface area contributed by atoms with Gasteiger partial charge in [0.15, 0.2) is 11.6 Å². The minimum Gasteiger partial charge on any atom is -0.399 e. The number of benzene rings is 1. The van der Waals surface area contributed by atoms with Gasteiger partial charge in [0.25, 0.3) is 0 Å². The number of rotatable bonds is 2. The van der Waals surface area contributed by atoms with Crippen molar-refractivity contribution in [3.8, 4) is 17.2 Å². The van der Waals surface area contributed by atoms with Gasteiger partial charge < -0.3 is 5.73 Å². The highest BCUT2D eigenvalue weighted by atomic mass is 15.4. The van der Waals surface area contributed by atoms with Crippen LogP contribution in [0.4, 0.5) is 5.69 Å². The Morgan fingerprint density at radius 1 is 1.11 bits per heavy atom. The molecule has 2 N–H and O–H groups in total. The molecule has 0 unspecified atom stereocenters. The molecule has 6 nitrogen and oxygen atoms in total. The lowest BCUT2D eigenvalue weighted by Gasteiger charge is -1.98. The first-order valence-corrected chi connectivity index (χ1v) is 5.37. The van der Waals surface area contributed by atoms with Gasteiger partial charge >= 0.3 is 0 Å². The van der Waals surface area contributed by atoms with E-state index in [1.807, 2.05) is 24.3 Å². The van der Waals surface area contributed by atoms with Gasteiger partial charge in [-0.05, 0) is 12.1 Å². The van der Waals surface area contributed by atoms with E-state index in [0.717, 1.165) is 5.56 Å². The van der Waals surface area contributed by atoms with E-state index in [0.29, 0.717) is 17.3 Å². The van der Waals surface area contributed by atoms with E-state index in [1.54, 1.807) is 23.3 Å². The second kappa shape index (κ2) is 4.25. The molecule has 0 aliphatic rings. The van der Waals surface area contributed by atoms with Crippen molar-refractivity contribution in [2.75, 3.05) is 5.73 Å². The van der Waals surface area contributed by atoms with Crippen molar-refractivity contribution in [2.24, 2.45) is 0 Å². The molecule has 0 spiro atoms. The predicted molar refractivity (Wildman–Crippen MR) is 66.8 cm³/mol. The second-order valence-electron chi connectivity index (χ2n) is 3.71. The summed E-state index contributed by atoms with van der Waals surface area (Å²) >= 11 is 0. The molecule has 0 saturated heterocycles. The average Bonchev–Trinajstić information content (AvgIpc) is 2.89. The number of anilines is 1. The third-order valence-electron chi connectivity index (χ3n) is 2.44. The van der Waals surface area contributed by atoms with Crippen LogP contribution in [0.25, 0.3) is 17.2 Å². The van der Waals surface area contributed by atoms with Crippen LogP contribution in [0.1, 0.15) is 0 Å². The normalized spacial score (nSPS) is 10.4. The molecule has 0 radical (unpaired) electrons. The molecule has 0 bridgehead atoms. The Morgan fingerprint density at radius 3 is 2.83 bits per heavy atom. The summed E-state index contributed by atoms with van der Waals surface area (Å²) in [6.45, 7) is 0. The van der Waals surface area contributed by atoms with Crippen LogP contribution in [0.5, 0.6) is 0 Å². The molecule has 0 aliphatic carbocycles. The third kappa shape index (κ3) is 1.91. The molecule has 18 heavy (non-hydrogen) atoms. The maximum atomic E-state index is 5.73. The SMILES string of the molecule is Nc1cccc(-c2ncn(-c3ccncn3)n2)c1. The van der Waals surface area contributed by atoms with Gasteiger partial charge in [-0.1, -0.05) is 12.1 Å². The fourth-order valence-corrected chi connectivity index (χ4v) is 1.60. The molecular weight excluding hydrogens is 228 g/mol. The average molecular weight is 238 g/mol. The summed E-state index contributed by atoms with van der Waals surface area (Å²) in [4.78, 5) is 12.2. The molecular formula is C12H10N6. The van der Waals surface area contributed by atoms with Crippen LogP contribution < -0.4 is 5.73 Å². The summed E-state index contributed by atoms with van der Waals surface area (Å²) in [6, 6.07) is 9.20. The van der Waals surface area contributed by atoms with E-state index in [1.165, 1.54) is 6.33 Å². The monoisotopic (exact) mass is 238 g/mol. The van der Waals surface area contributed by atoms with E-state index < -0.39 is 0 Å². The number of hydrogen-bond donors (Lipinski definition) is 1. The molecule has 0 fully saturated rings. The number of hydrogen-bond acceptors (Lipinski definition) is 5. The molecule has 0 amide bonds. The predicted octanol–water partition coefficient (Wildman–Crippen LogP) is 1.31. The highest BCUT2D eigenvalue weighted by Gasteiger charge is 2.06. The Labute approximate surface area is 103 Å². The van der Waals surface area contributed by atoms with E-state index in [4.69, 9.17) is 5.73 Å². The number of nitrogen functional groups attached to an aromatic ring is 1. The number of nitrogens with zero attached hydrogens (tertiary/aromatic N) is 5. The Balaban J connectivity index is 2.00. The maximum Gasteiger partial charge on any atom is 0.181 e. The fraction of sp³-hybridized carbons (Fsp3) is 0. The Hall–Kier alpha value is -2.76. The van der Waals surface area contributed by atoms with Crippen LogP contribution in [0, 0.1) is 0 Å². The second-order valence-corrected chi connectivity index (χ2v) is 3.71. The van der Waals surface area contributed by atoms with Crippen LogP contribution in [0.15, 0.2) is 49.2 Å². The molecule has 2 heterocycles. The van der Waals surface area contributed by atoms with Crippen molar-refractivity contribution in [3.05, 3.63) is 49.2 Å². The first-order valence-electron chi connectivity index (χ1n) is 5.37. The van der Waals surface area contributed by atoms with E-state index in [9.17, 15) is 0 Å². The zero-order valence-electron chi connectivity index (χ0n) is 9.43. The summed E-state index contributed by atoms with van der Waals surface area (Å²) in [7, 11) is 0. The molecule has 0 saturated carbocycles. The van der Waals surface area contributed by atoms with Crippen molar-refractivity contribution in [3.63, 3.8) is 0 Å². The zero-order valence-corrected chi connectivity index (χ0v) is 9.43. The number of nitrogens with two attached hydrogens (primary N) is 1. The zero-order chi connectivity index (χ0) is 12.4. The maximum absolute atomic E-state index is 5.73. The first-order chi connectivity index (χ1) is 8.83. The Bertz CT molecular complexity index is 661. The lowest BCUT2D eigenvalue weighted by molar-refractivity contribution is 0.840. The van der Waals surface area contributed by atoms with E-state index >= 15 is 0 Å². The largest absolute Gasteiger partial charge is 0.399 e. The highest BCUT2D eigenvalue weighted by Crippen LogP contribution is 2.17. The lowest BCUT2D eigenvalue weighted by atomic mass is 10.2. The molecule has 2 aromatic heterocycles. The molecule has 88 valence electrons. The topological polar surface area (TPSA) is 82.5 Å². The molecule has 6 heteroatoms. The summed E-state index contributed by atoms with van der Waals surface area (Å²) in [6.07, 6.45) is 4.74. The van der Waals surface area contributed by atoms with Gasteiger partial charge in [-0.3, -0.25) is 0 Å². The van der Waals surface area contributed by atoms with Gasteiger partial charge in [-0.15, -0.1) is 5.10 Å². The summed E-state index contributed by atoms with van der Waals surface area (Å²) in [5, 5.41) is 4.35. The summed E-state index contributed by atoms with van der Waals surface area (Å²) in [5.41, 5.74) is 7.29. The quantitative estimate of drug-likeness (QED) is 0.680. The minimum atomic E-state index is 0.612. The highest BCUT2D eigenvalue weighted by molar-refractivity contribution is 5.60. The molecule has 3 aromatic rings. The number of aromatic nitrogens is 5. The molecule has 0 aliphatic heterocycles. The molecule has 1 aromatic carbocycles. The van der Waals surface area contributed by atoms with Crippen molar-refractivity contribution in [2.45, 2.75) is 0 Å². The van der Waals surface area contributed by atoms with Gasteiger partial charge in [0.05, 0.1) is 0 Å². The molecule has 3 rings (SSSR count). The van der Waals surface area contributed by atoms with Crippen LogP contribution in [-0.4, -0.2) is 24.7 Å². The lowest BCUT2D eigenvalue weighted by Crippen LogP contribution is -1.98. The van der Waals surface area contributed by atoms with Crippen molar-refractivity contribution >= 4 is 5.69 Å². The van der Waals surface area contributed by atoms with Crippen LogP contribution in [-0.2, 0) is 0 Å². The van der Waals surface area contributed by atoms with Gasteiger partial charge in [0.2, 0.25) is 0 Å². The molecule has 0 atom stereocenters.